The van der Waals surface area contributed by atoms with Crippen LogP contribution in [0.1, 0.15) is 35.8 Å². The fraction of sp³-hybridized carbons (Fsp3) is 0.438. The Bertz CT molecular complexity index is 548. The first-order chi connectivity index (χ1) is 9.24. The third-order valence-electron chi connectivity index (χ3n) is 3.95. The summed E-state index contributed by atoms with van der Waals surface area (Å²) in [5, 5.41) is 3.40. The molecule has 3 nitrogen and oxygen atoms in total. The van der Waals surface area contributed by atoms with Gasteiger partial charge in [-0.2, -0.15) is 0 Å². The van der Waals surface area contributed by atoms with E-state index in [1.807, 2.05) is 0 Å². The van der Waals surface area contributed by atoms with Crippen molar-refractivity contribution < 1.29 is 0 Å². The smallest absolute Gasteiger partial charge is 0.110 e. The van der Waals surface area contributed by atoms with Crippen molar-refractivity contribution in [2.45, 2.75) is 32.6 Å². The second-order valence-corrected chi connectivity index (χ2v) is 5.49. The molecule has 1 aliphatic heterocycles. The standard InChI is InChI=1S/C16H21N3/c1-11-3-5-13(6-4-11)15-12(2)18-16(19-15)14-7-9-17-10-8-14/h3-6,14,17H,7-10H2,1-2H3,(H,18,19). The molecule has 19 heavy (non-hydrogen) atoms. The summed E-state index contributed by atoms with van der Waals surface area (Å²) in [5.74, 6) is 1.74. The van der Waals surface area contributed by atoms with Crippen LogP contribution in [0.5, 0.6) is 0 Å². The Hall–Kier alpha value is -1.61. The Morgan fingerprint density at radius 2 is 1.74 bits per heavy atom. The lowest BCUT2D eigenvalue weighted by molar-refractivity contribution is 0.447. The number of aromatic amines is 1. The quantitative estimate of drug-likeness (QED) is 0.865. The van der Waals surface area contributed by atoms with Crippen LogP contribution < -0.4 is 5.32 Å². The second-order valence-electron chi connectivity index (χ2n) is 5.49. The number of benzene rings is 1. The summed E-state index contributed by atoms with van der Waals surface area (Å²) in [7, 11) is 0. The van der Waals surface area contributed by atoms with Crippen molar-refractivity contribution in [2.24, 2.45) is 0 Å². The van der Waals surface area contributed by atoms with Gasteiger partial charge in [-0.3, -0.25) is 0 Å². The molecule has 3 heteroatoms. The molecule has 1 aromatic carbocycles. The number of H-pyrrole nitrogens is 1. The summed E-state index contributed by atoms with van der Waals surface area (Å²) in [5.41, 5.74) is 4.78. The van der Waals surface area contributed by atoms with Crippen molar-refractivity contribution in [2.75, 3.05) is 13.1 Å². The predicted octanol–water partition coefficient (Wildman–Crippen LogP) is 3.16. The largest absolute Gasteiger partial charge is 0.345 e. The molecule has 0 atom stereocenters. The number of nitrogens with one attached hydrogen (secondary N) is 2. The average molecular weight is 255 g/mol. The molecule has 2 N–H and O–H groups in total. The minimum Gasteiger partial charge on any atom is -0.345 e. The van der Waals surface area contributed by atoms with E-state index in [2.05, 4.69) is 48.4 Å². The van der Waals surface area contributed by atoms with Crippen LogP contribution in [0.3, 0.4) is 0 Å². The fourth-order valence-corrected chi connectivity index (χ4v) is 2.76. The molecule has 1 aromatic heterocycles. The van der Waals surface area contributed by atoms with E-state index in [-0.39, 0.29) is 0 Å². The lowest BCUT2D eigenvalue weighted by Crippen LogP contribution is -2.27. The molecule has 2 heterocycles. The maximum Gasteiger partial charge on any atom is 0.110 e. The molecule has 0 radical (unpaired) electrons. The highest BCUT2D eigenvalue weighted by Crippen LogP contribution is 2.28. The number of hydrogen-bond donors (Lipinski definition) is 2. The van der Waals surface area contributed by atoms with E-state index in [9.17, 15) is 0 Å². The summed E-state index contributed by atoms with van der Waals surface area (Å²) < 4.78 is 0. The van der Waals surface area contributed by atoms with Gasteiger partial charge in [0.25, 0.3) is 0 Å². The van der Waals surface area contributed by atoms with Crippen LogP contribution >= 0.6 is 0 Å². The highest BCUT2D eigenvalue weighted by molar-refractivity contribution is 5.62. The number of nitrogens with zero attached hydrogens (tertiary/aromatic N) is 1. The molecule has 0 aliphatic carbocycles. The van der Waals surface area contributed by atoms with E-state index in [0.29, 0.717) is 5.92 Å². The molecular weight excluding hydrogens is 234 g/mol. The monoisotopic (exact) mass is 255 g/mol. The number of hydrogen-bond acceptors (Lipinski definition) is 2. The van der Waals surface area contributed by atoms with E-state index >= 15 is 0 Å². The first-order valence-electron chi connectivity index (χ1n) is 7.08. The van der Waals surface area contributed by atoms with E-state index in [1.54, 1.807) is 0 Å². The van der Waals surface area contributed by atoms with Crippen molar-refractivity contribution in [3.05, 3.63) is 41.3 Å². The molecule has 1 saturated heterocycles. The van der Waals surface area contributed by atoms with Gasteiger partial charge in [0.15, 0.2) is 0 Å². The second kappa shape index (κ2) is 5.17. The molecule has 1 aliphatic rings. The Morgan fingerprint density at radius 1 is 1.05 bits per heavy atom. The minimum absolute atomic E-state index is 0.583. The van der Waals surface area contributed by atoms with Crippen molar-refractivity contribution in [3.8, 4) is 11.3 Å². The summed E-state index contributed by atoms with van der Waals surface area (Å²) in [4.78, 5) is 8.34. The normalized spacial score (nSPS) is 16.7. The van der Waals surface area contributed by atoms with Crippen LogP contribution in [-0.4, -0.2) is 23.1 Å². The molecule has 0 saturated carbocycles. The molecule has 1 fully saturated rings. The van der Waals surface area contributed by atoms with Gasteiger partial charge in [0.2, 0.25) is 0 Å². The van der Waals surface area contributed by atoms with Crippen LogP contribution in [0.15, 0.2) is 24.3 Å². The zero-order chi connectivity index (χ0) is 13.2. The van der Waals surface area contributed by atoms with Crippen LogP contribution in [0.4, 0.5) is 0 Å². The maximum atomic E-state index is 4.85. The summed E-state index contributed by atoms with van der Waals surface area (Å²) in [6.07, 6.45) is 2.36. The molecule has 0 bridgehead atoms. The number of rotatable bonds is 2. The first-order valence-corrected chi connectivity index (χ1v) is 7.08. The molecule has 2 aromatic rings. The van der Waals surface area contributed by atoms with E-state index in [1.165, 1.54) is 29.7 Å². The SMILES string of the molecule is Cc1ccc(-c2nc(C3CCNCC3)[nH]c2C)cc1. The average Bonchev–Trinajstić information content (AvgIpc) is 2.83. The van der Waals surface area contributed by atoms with Crippen LogP contribution in [0.25, 0.3) is 11.3 Å². The lowest BCUT2D eigenvalue weighted by Gasteiger charge is -2.20. The van der Waals surface area contributed by atoms with Crippen molar-refractivity contribution >= 4 is 0 Å². The number of aryl methyl sites for hydroxylation is 2. The molecular formula is C16H21N3. The Labute approximate surface area is 114 Å². The van der Waals surface area contributed by atoms with Gasteiger partial charge < -0.3 is 10.3 Å². The lowest BCUT2D eigenvalue weighted by atomic mass is 9.98. The summed E-state index contributed by atoms with van der Waals surface area (Å²) in [6, 6.07) is 8.61. The summed E-state index contributed by atoms with van der Waals surface area (Å²) in [6.45, 7) is 6.43. The fourth-order valence-electron chi connectivity index (χ4n) is 2.76. The summed E-state index contributed by atoms with van der Waals surface area (Å²) >= 11 is 0. The topological polar surface area (TPSA) is 40.7 Å². The van der Waals surface area contributed by atoms with Gasteiger partial charge in [-0.15, -0.1) is 0 Å². The van der Waals surface area contributed by atoms with Gasteiger partial charge in [-0.1, -0.05) is 29.8 Å². The third kappa shape index (κ3) is 2.56. The zero-order valence-corrected chi connectivity index (χ0v) is 11.7. The van der Waals surface area contributed by atoms with Crippen LogP contribution in [-0.2, 0) is 0 Å². The molecule has 0 spiro atoms. The predicted molar refractivity (Wildman–Crippen MR) is 78.3 cm³/mol. The maximum absolute atomic E-state index is 4.85. The van der Waals surface area contributed by atoms with Crippen molar-refractivity contribution in [1.82, 2.24) is 15.3 Å². The molecule has 100 valence electrons. The minimum atomic E-state index is 0.583. The van der Waals surface area contributed by atoms with E-state index in [4.69, 9.17) is 4.98 Å². The van der Waals surface area contributed by atoms with Gasteiger partial charge >= 0.3 is 0 Å². The first kappa shape index (κ1) is 12.4. The number of imidazole rings is 1. The molecule has 0 amide bonds. The highest BCUT2D eigenvalue weighted by Gasteiger charge is 2.19. The van der Waals surface area contributed by atoms with Crippen LogP contribution in [0, 0.1) is 13.8 Å². The van der Waals surface area contributed by atoms with Gasteiger partial charge in [-0.25, -0.2) is 4.98 Å². The Balaban J connectivity index is 1.90. The van der Waals surface area contributed by atoms with Gasteiger partial charge in [0, 0.05) is 17.2 Å². The Kier molecular flexibility index (Phi) is 3.38. The van der Waals surface area contributed by atoms with Gasteiger partial charge in [0.1, 0.15) is 5.82 Å². The van der Waals surface area contributed by atoms with Gasteiger partial charge in [0.05, 0.1) is 5.69 Å². The van der Waals surface area contributed by atoms with E-state index in [0.717, 1.165) is 24.6 Å². The van der Waals surface area contributed by atoms with Gasteiger partial charge in [-0.05, 0) is 39.8 Å². The Morgan fingerprint density at radius 3 is 2.42 bits per heavy atom. The molecule has 0 unspecified atom stereocenters. The zero-order valence-electron chi connectivity index (χ0n) is 11.7. The number of piperidine rings is 1. The highest BCUT2D eigenvalue weighted by atomic mass is 15.0. The third-order valence-corrected chi connectivity index (χ3v) is 3.95. The van der Waals surface area contributed by atoms with Crippen molar-refractivity contribution in [3.63, 3.8) is 0 Å². The van der Waals surface area contributed by atoms with E-state index < -0.39 is 0 Å². The number of aromatic nitrogens is 2. The van der Waals surface area contributed by atoms with Crippen LogP contribution in [0.2, 0.25) is 0 Å². The molecule has 3 rings (SSSR count). The van der Waals surface area contributed by atoms with Crippen molar-refractivity contribution in [1.29, 1.82) is 0 Å².